The van der Waals surface area contributed by atoms with E-state index in [2.05, 4.69) is 5.10 Å². The molecular weight excluding hydrogens is 304 g/mol. The lowest BCUT2D eigenvalue weighted by atomic mass is 10.2. The van der Waals surface area contributed by atoms with Crippen LogP contribution in [0, 0.1) is 23.0 Å². The largest absolute Gasteiger partial charge is 0.450 e. The van der Waals surface area contributed by atoms with E-state index in [0.29, 0.717) is 36.5 Å². The molecule has 1 heterocycles. The van der Waals surface area contributed by atoms with E-state index in [1.165, 1.54) is 12.1 Å². The lowest BCUT2D eigenvalue weighted by molar-refractivity contribution is 0.267. The molecule has 0 aliphatic rings. The summed E-state index contributed by atoms with van der Waals surface area (Å²) in [5.41, 5.74) is 0.914. The summed E-state index contributed by atoms with van der Waals surface area (Å²) in [6.45, 7) is 3.96. The Morgan fingerprint density at radius 3 is 2.57 bits per heavy atom. The summed E-state index contributed by atoms with van der Waals surface area (Å²) >= 11 is 0. The number of aliphatic hydroxyl groups excluding tert-OH is 1. The molecule has 0 saturated heterocycles. The van der Waals surface area contributed by atoms with Gasteiger partial charge in [-0.1, -0.05) is 13.8 Å². The van der Waals surface area contributed by atoms with E-state index in [1.807, 2.05) is 13.8 Å². The van der Waals surface area contributed by atoms with Crippen LogP contribution in [0.1, 0.15) is 30.8 Å². The van der Waals surface area contributed by atoms with Crippen LogP contribution in [0.15, 0.2) is 12.1 Å². The minimum Gasteiger partial charge on any atom is -0.450 e. The molecule has 23 heavy (non-hydrogen) atoms. The second-order valence-electron chi connectivity index (χ2n) is 4.83. The van der Waals surface area contributed by atoms with E-state index >= 15 is 0 Å². The van der Waals surface area contributed by atoms with Gasteiger partial charge in [0.25, 0.3) is 0 Å². The monoisotopic (exact) mass is 321 g/mol. The Balaban J connectivity index is 2.48. The molecule has 2 rings (SSSR count). The molecule has 0 saturated carbocycles. The van der Waals surface area contributed by atoms with Crippen molar-refractivity contribution in [1.29, 1.82) is 5.26 Å². The van der Waals surface area contributed by atoms with Gasteiger partial charge in [0, 0.05) is 0 Å². The predicted octanol–water partition coefficient (Wildman–Crippen LogP) is 2.94. The van der Waals surface area contributed by atoms with E-state index in [4.69, 9.17) is 15.1 Å². The van der Waals surface area contributed by atoms with Crippen molar-refractivity contribution in [2.24, 2.45) is 0 Å². The van der Waals surface area contributed by atoms with Gasteiger partial charge in [0.2, 0.25) is 5.82 Å². The van der Waals surface area contributed by atoms with Gasteiger partial charge in [-0.3, -0.25) is 4.68 Å². The van der Waals surface area contributed by atoms with Crippen LogP contribution in [-0.4, -0.2) is 21.5 Å². The molecule has 5 nitrogen and oxygen atoms in total. The molecule has 0 spiro atoms. The van der Waals surface area contributed by atoms with Crippen molar-refractivity contribution >= 4 is 0 Å². The summed E-state index contributed by atoms with van der Waals surface area (Å²) < 4.78 is 34.9. The molecule has 1 N–H and O–H groups in total. The highest BCUT2D eigenvalue weighted by molar-refractivity contribution is 5.43. The molecule has 0 aliphatic heterocycles. The maximum Gasteiger partial charge on any atom is 0.202 e. The van der Waals surface area contributed by atoms with Crippen molar-refractivity contribution in [3.8, 4) is 17.6 Å². The quantitative estimate of drug-likeness (QED) is 0.888. The summed E-state index contributed by atoms with van der Waals surface area (Å²) in [4.78, 5) is 0. The minimum atomic E-state index is -1.23. The van der Waals surface area contributed by atoms with Crippen molar-refractivity contribution < 1.29 is 18.6 Å². The van der Waals surface area contributed by atoms with Crippen LogP contribution in [0.4, 0.5) is 8.78 Å². The van der Waals surface area contributed by atoms with Crippen molar-refractivity contribution in [2.45, 2.75) is 33.2 Å². The van der Waals surface area contributed by atoms with Crippen molar-refractivity contribution in [1.82, 2.24) is 9.78 Å². The van der Waals surface area contributed by atoms with Gasteiger partial charge in [-0.05, 0) is 25.0 Å². The molecule has 7 heteroatoms. The zero-order valence-corrected chi connectivity index (χ0v) is 12.9. The van der Waals surface area contributed by atoms with Crippen LogP contribution >= 0.6 is 0 Å². The summed E-state index contributed by atoms with van der Waals surface area (Å²) in [6.07, 6.45) is 1.10. The SMILES string of the molecule is CCc1nn(CCO)c(CC)c1Oc1ccc(C#N)c(F)c1F. The molecule has 0 fully saturated rings. The number of hydrogen-bond donors (Lipinski definition) is 1. The predicted molar refractivity (Wildman–Crippen MR) is 79.2 cm³/mol. The molecular formula is C16H17F2N3O2. The Kier molecular flexibility index (Phi) is 5.29. The van der Waals surface area contributed by atoms with Gasteiger partial charge in [0.1, 0.15) is 11.8 Å². The van der Waals surface area contributed by atoms with Crippen LogP contribution < -0.4 is 4.74 Å². The third-order valence-corrected chi connectivity index (χ3v) is 3.44. The zero-order valence-electron chi connectivity index (χ0n) is 12.9. The number of aliphatic hydroxyl groups is 1. The van der Waals surface area contributed by atoms with Gasteiger partial charge in [-0.15, -0.1) is 0 Å². The Labute approximate surface area is 132 Å². The number of rotatable bonds is 6. The summed E-state index contributed by atoms with van der Waals surface area (Å²) in [5.74, 6) is -2.37. The molecule has 0 aliphatic carbocycles. The standard InChI is InChI=1S/C16H17F2N3O2/c1-3-11-16(12(4-2)21(20-11)7-8-22)23-13-6-5-10(9-19)14(17)15(13)18/h5-6,22H,3-4,7-8H2,1-2H3. The number of aromatic nitrogens is 2. The number of aryl methyl sites for hydroxylation is 1. The van der Waals surface area contributed by atoms with Gasteiger partial charge in [0.15, 0.2) is 17.3 Å². The second-order valence-corrected chi connectivity index (χ2v) is 4.83. The highest BCUT2D eigenvalue weighted by Gasteiger charge is 2.21. The van der Waals surface area contributed by atoms with E-state index in [1.54, 1.807) is 10.8 Å². The molecule has 0 bridgehead atoms. The fourth-order valence-corrected chi connectivity index (χ4v) is 2.31. The van der Waals surface area contributed by atoms with Crippen LogP contribution in [0.5, 0.6) is 11.5 Å². The Morgan fingerprint density at radius 2 is 2.00 bits per heavy atom. The number of nitriles is 1. The normalized spacial score (nSPS) is 10.6. The molecule has 122 valence electrons. The smallest absolute Gasteiger partial charge is 0.202 e. The molecule has 1 aromatic carbocycles. The summed E-state index contributed by atoms with van der Waals surface area (Å²) in [7, 11) is 0. The first kappa shape index (κ1) is 16.9. The molecule has 0 unspecified atom stereocenters. The highest BCUT2D eigenvalue weighted by atomic mass is 19.2. The molecule has 0 amide bonds. The number of nitrogens with zero attached hydrogens (tertiary/aromatic N) is 3. The Morgan fingerprint density at radius 1 is 1.26 bits per heavy atom. The van der Waals surface area contributed by atoms with Gasteiger partial charge in [-0.2, -0.15) is 14.8 Å². The van der Waals surface area contributed by atoms with Gasteiger partial charge in [0.05, 0.1) is 24.4 Å². The van der Waals surface area contributed by atoms with Crippen molar-refractivity contribution in [3.05, 3.63) is 40.7 Å². The van der Waals surface area contributed by atoms with E-state index < -0.39 is 11.6 Å². The third-order valence-electron chi connectivity index (χ3n) is 3.44. The summed E-state index contributed by atoms with van der Waals surface area (Å²) in [5, 5.41) is 22.1. The maximum absolute atomic E-state index is 14.0. The fraction of sp³-hybridized carbons (Fsp3) is 0.375. The molecule has 0 radical (unpaired) electrons. The van der Waals surface area contributed by atoms with E-state index in [0.717, 1.165) is 0 Å². The first-order valence-corrected chi connectivity index (χ1v) is 7.32. The number of benzene rings is 1. The van der Waals surface area contributed by atoms with Crippen LogP contribution in [0.25, 0.3) is 0 Å². The van der Waals surface area contributed by atoms with Gasteiger partial charge < -0.3 is 9.84 Å². The van der Waals surface area contributed by atoms with E-state index in [9.17, 15) is 8.78 Å². The van der Waals surface area contributed by atoms with Gasteiger partial charge >= 0.3 is 0 Å². The fourth-order valence-electron chi connectivity index (χ4n) is 2.31. The topological polar surface area (TPSA) is 71.1 Å². The number of halogens is 2. The van der Waals surface area contributed by atoms with Crippen LogP contribution in [0.2, 0.25) is 0 Å². The molecule has 2 aromatic rings. The average molecular weight is 321 g/mol. The van der Waals surface area contributed by atoms with E-state index in [-0.39, 0.29) is 17.9 Å². The summed E-state index contributed by atoms with van der Waals surface area (Å²) in [6, 6.07) is 3.97. The number of hydrogen-bond acceptors (Lipinski definition) is 4. The third kappa shape index (κ3) is 3.17. The lowest BCUT2D eigenvalue weighted by Crippen LogP contribution is -2.08. The average Bonchev–Trinajstić information content (AvgIpc) is 2.89. The van der Waals surface area contributed by atoms with Crippen molar-refractivity contribution in [3.63, 3.8) is 0 Å². The first-order valence-electron chi connectivity index (χ1n) is 7.32. The second kappa shape index (κ2) is 7.20. The molecule has 1 aromatic heterocycles. The number of ether oxygens (including phenoxy) is 1. The minimum absolute atomic E-state index is 0.0862. The van der Waals surface area contributed by atoms with Crippen LogP contribution in [-0.2, 0) is 19.4 Å². The first-order chi connectivity index (χ1) is 11.1. The molecule has 0 atom stereocenters. The maximum atomic E-state index is 14.0. The van der Waals surface area contributed by atoms with Crippen LogP contribution in [0.3, 0.4) is 0 Å². The Bertz CT molecular complexity index is 751. The highest BCUT2D eigenvalue weighted by Crippen LogP contribution is 2.33. The van der Waals surface area contributed by atoms with Crippen molar-refractivity contribution in [2.75, 3.05) is 6.61 Å². The Hall–Kier alpha value is -2.46. The zero-order chi connectivity index (χ0) is 17.0. The van der Waals surface area contributed by atoms with Gasteiger partial charge in [-0.25, -0.2) is 4.39 Å². The lowest BCUT2D eigenvalue weighted by Gasteiger charge is -2.10.